The molecule has 1 aliphatic carbocycles. The first-order chi connectivity index (χ1) is 14.8. The number of anilines is 4. The maximum atomic E-state index is 12.8. The number of nitrogens with zero attached hydrogens (tertiary/aromatic N) is 3. The van der Waals surface area contributed by atoms with Crippen molar-refractivity contribution in [3.8, 4) is 0 Å². The molecule has 0 atom stereocenters. The largest absolute Gasteiger partial charge is 0.372 e. The lowest BCUT2D eigenvalue weighted by atomic mass is 9.91. The van der Waals surface area contributed by atoms with Crippen LogP contribution in [0.2, 0.25) is 0 Å². The molecule has 5 nitrogen and oxygen atoms in total. The number of rotatable bonds is 4. The van der Waals surface area contributed by atoms with Crippen molar-refractivity contribution in [2.24, 2.45) is 0 Å². The number of piperidine rings is 1. The lowest BCUT2D eigenvalue weighted by Crippen LogP contribution is -2.44. The topological polar surface area (TPSA) is 48.5 Å². The molecule has 2 fully saturated rings. The predicted molar refractivity (Wildman–Crippen MR) is 123 cm³/mol. The van der Waals surface area contributed by atoms with Gasteiger partial charge >= 0.3 is 0 Å². The number of aromatic nitrogens is 1. The van der Waals surface area contributed by atoms with E-state index >= 15 is 0 Å². The first-order valence-corrected chi connectivity index (χ1v) is 11.7. The Morgan fingerprint density at radius 3 is 2.40 bits per heavy atom. The quantitative estimate of drug-likeness (QED) is 0.738. The highest BCUT2D eigenvalue weighted by atomic mass is 16.2. The summed E-state index contributed by atoms with van der Waals surface area (Å²) in [6.07, 6.45) is 13.3. The molecule has 1 saturated carbocycles. The lowest BCUT2D eigenvalue weighted by molar-refractivity contribution is -0.119. The van der Waals surface area contributed by atoms with E-state index in [2.05, 4.69) is 50.4 Å². The first kappa shape index (κ1) is 19.4. The molecule has 1 aromatic carbocycles. The van der Waals surface area contributed by atoms with Gasteiger partial charge in [0, 0.05) is 49.2 Å². The van der Waals surface area contributed by atoms with Crippen molar-refractivity contribution < 1.29 is 4.79 Å². The fraction of sp³-hybridized carbons (Fsp3) is 0.520. The van der Waals surface area contributed by atoms with Crippen molar-refractivity contribution in [3.05, 3.63) is 42.1 Å². The number of hydrogen-bond acceptors (Lipinski definition) is 4. The second kappa shape index (κ2) is 8.66. The molecule has 158 valence electrons. The van der Waals surface area contributed by atoms with Gasteiger partial charge in [0.1, 0.15) is 5.82 Å². The van der Waals surface area contributed by atoms with Gasteiger partial charge in [-0.3, -0.25) is 4.79 Å². The SMILES string of the molecule is O=C1CCc2cnc(Nc3ccc(N4CCCCC4)cc3)cc2N1C1CCCCC1. The third kappa shape index (κ3) is 4.03. The Morgan fingerprint density at radius 1 is 0.900 bits per heavy atom. The van der Waals surface area contributed by atoms with Crippen LogP contribution in [0.15, 0.2) is 36.5 Å². The molecule has 1 aromatic heterocycles. The molecule has 1 amide bonds. The fourth-order valence-corrected chi connectivity index (χ4v) is 5.25. The van der Waals surface area contributed by atoms with E-state index in [1.807, 2.05) is 6.20 Å². The molecule has 0 unspecified atom stereocenters. The summed E-state index contributed by atoms with van der Waals surface area (Å²) >= 11 is 0. The summed E-state index contributed by atoms with van der Waals surface area (Å²) < 4.78 is 0. The number of amides is 1. The summed E-state index contributed by atoms with van der Waals surface area (Å²) in [5.74, 6) is 1.09. The minimum atomic E-state index is 0.275. The summed E-state index contributed by atoms with van der Waals surface area (Å²) in [5.41, 5.74) is 4.61. The Morgan fingerprint density at radius 2 is 1.63 bits per heavy atom. The number of carbonyl (C=O) groups is 1. The van der Waals surface area contributed by atoms with Crippen LogP contribution in [-0.4, -0.2) is 30.0 Å². The van der Waals surface area contributed by atoms with E-state index in [9.17, 15) is 4.79 Å². The van der Waals surface area contributed by atoms with Gasteiger partial charge in [0.15, 0.2) is 0 Å². The van der Waals surface area contributed by atoms with Gasteiger partial charge in [0.2, 0.25) is 5.91 Å². The number of nitrogens with one attached hydrogen (secondary N) is 1. The minimum Gasteiger partial charge on any atom is -0.372 e. The highest BCUT2D eigenvalue weighted by Crippen LogP contribution is 2.35. The molecule has 5 rings (SSSR count). The van der Waals surface area contributed by atoms with Gasteiger partial charge in [-0.05, 0) is 68.4 Å². The van der Waals surface area contributed by atoms with Crippen molar-refractivity contribution >= 4 is 28.8 Å². The molecule has 1 N–H and O–H groups in total. The van der Waals surface area contributed by atoms with Crippen LogP contribution in [-0.2, 0) is 11.2 Å². The maximum Gasteiger partial charge on any atom is 0.227 e. The van der Waals surface area contributed by atoms with E-state index in [1.165, 1.54) is 49.8 Å². The zero-order valence-corrected chi connectivity index (χ0v) is 17.8. The van der Waals surface area contributed by atoms with Crippen LogP contribution in [0.4, 0.5) is 22.9 Å². The molecule has 2 aromatic rings. The molecule has 3 aliphatic rings. The molecule has 2 aliphatic heterocycles. The molecular formula is C25H32N4O. The van der Waals surface area contributed by atoms with Gasteiger partial charge in [-0.15, -0.1) is 0 Å². The number of hydrogen-bond donors (Lipinski definition) is 1. The van der Waals surface area contributed by atoms with Gasteiger partial charge in [-0.1, -0.05) is 19.3 Å². The van der Waals surface area contributed by atoms with Crippen LogP contribution in [0, 0.1) is 0 Å². The predicted octanol–water partition coefficient (Wildman–Crippen LogP) is 5.43. The van der Waals surface area contributed by atoms with Crippen LogP contribution >= 0.6 is 0 Å². The van der Waals surface area contributed by atoms with E-state index in [-0.39, 0.29) is 5.91 Å². The molecule has 5 heteroatoms. The Labute approximate surface area is 179 Å². The summed E-state index contributed by atoms with van der Waals surface area (Å²) in [5, 5.41) is 3.45. The number of benzene rings is 1. The van der Waals surface area contributed by atoms with E-state index in [1.54, 1.807) is 0 Å². The standard InChI is InChI=1S/C25H32N4O/c30-25-14-9-19-18-26-24(17-23(19)29(25)22-7-3-1-4-8-22)27-20-10-12-21(13-11-20)28-15-5-2-6-16-28/h10-13,17-18,22H,1-9,14-16H2,(H,26,27). The van der Waals surface area contributed by atoms with Crippen LogP contribution in [0.5, 0.6) is 0 Å². The average Bonchev–Trinajstić information content (AvgIpc) is 2.80. The minimum absolute atomic E-state index is 0.275. The van der Waals surface area contributed by atoms with Crippen molar-refractivity contribution in [1.29, 1.82) is 0 Å². The fourth-order valence-electron chi connectivity index (χ4n) is 5.25. The van der Waals surface area contributed by atoms with Crippen LogP contribution < -0.4 is 15.1 Å². The lowest BCUT2D eigenvalue weighted by Gasteiger charge is -2.38. The van der Waals surface area contributed by atoms with Crippen LogP contribution in [0.25, 0.3) is 0 Å². The smallest absolute Gasteiger partial charge is 0.227 e. The van der Waals surface area contributed by atoms with E-state index in [0.29, 0.717) is 12.5 Å². The second-order valence-electron chi connectivity index (χ2n) is 8.97. The molecule has 0 bridgehead atoms. The summed E-state index contributed by atoms with van der Waals surface area (Å²) in [7, 11) is 0. The zero-order chi connectivity index (χ0) is 20.3. The van der Waals surface area contributed by atoms with Crippen molar-refractivity contribution in [2.45, 2.75) is 70.3 Å². The third-order valence-electron chi connectivity index (χ3n) is 6.90. The van der Waals surface area contributed by atoms with Gasteiger partial charge in [0.25, 0.3) is 0 Å². The monoisotopic (exact) mass is 404 g/mol. The molecule has 0 spiro atoms. The van der Waals surface area contributed by atoms with Crippen molar-refractivity contribution in [2.75, 3.05) is 28.2 Å². The number of carbonyl (C=O) groups excluding carboxylic acids is 1. The summed E-state index contributed by atoms with van der Waals surface area (Å²) in [4.78, 5) is 22.0. The molecule has 3 heterocycles. The highest BCUT2D eigenvalue weighted by Gasteiger charge is 2.31. The van der Waals surface area contributed by atoms with Gasteiger partial charge in [-0.25, -0.2) is 4.98 Å². The Hall–Kier alpha value is -2.56. The van der Waals surface area contributed by atoms with E-state index < -0.39 is 0 Å². The summed E-state index contributed by atoms with van der Waals surface area (Å²) in [6, 6.07) is 11.1. The second-order valence-corrected chi connectivity index (χ2v) is 8.97. The first-order valence-electron chi connectivity index (χ1n) is 11.7. The molecular weight excluding hydrogens is 372 g/mol. The van der Waals surface area contributed by atoms with Crippen molar-refractivity contribution in [1.82, 2.24) is 4.98 Å². The molecule has 30 heavy (non-hydrogen) atoms. The van der Waals surface area contributed by atoms with E-state index in [4.69, 9.17) is 0 Å². The summed E-state index contributed by atoms with van der Waals surface area (Å²) in [6.45, 7) is 2.31. The highest BCUT2D eigenvalue weighted by molar-refractivity contribution is 5.97. The normalized spacial score (nSPS) is 20.2. The Kier molecular flexibility index (Phi) is 5.60. The Balaban J connectivity index is 1.34. The van der Waals surface area contributed by atoms with Crippen molar-refractivity contribution in [3.63, 3.8) is 0 Å². The van der Waals surface area contributed by atoms with Gasteiger partial charge < -0.3 is 15.1 Å². The van der Waals surface area contributed by atoms with Gasteiger partial charge in [-0.2, -0.15) is 0 Å². The Bertz CT molecular complexity index is 883. The molecule has 1 saturated heterocycles. The van der Waals surface area contributed by atoms with Gasteiger partial charge in [0.05, 0.1) is 5.69 Å². The van der Waals surface area contributed by atoms with E-state index in [0.717, 1.165) is 49.5 Å². The number of pyridine rings is 1. The maximum absolute atomic E-state index is 12.8. The number of aryl methyl sites for hydroxylation is 1. The van der Waals surface area contributed by atoms with Crippen LogP contribution in [0.3, 0.4) is 0 Å². The molecule has 0 radical (unpaired) electrons. The average molecular weight is 405 g/mol. The van der Waals surface area contributed by atoms with Crippen LogP contribution in [0.1, 0.15) is 63.4 Å². The third-order valence-corrected chi connectivity index (χ3v) is 6.90. The zero-order valence-electron chi connectivity index (χ0n) is 17.8. The number of fused-ring (bicyclic) bond motifs is 1.